The van der Waals surface area contributed by atoms with Crippen LogP contribution in [0.2, 0.25) is 0 Å². The van der Waals surface area contributed by atoms with Crippen molar-refractivity contribution in [3.63, 3.8) is 0 Å². The van der Waals surface area contributed by atoms with Crippen molar-refractivity contribution in [1.82, 2.24) is 5.32 Å². The van der Waals surface area contributed by atoms with Gasteiger partial charge in [-0.3, -0.25) is 4.79 Å². The fourth-order valence-corrected chi connectivity index (χ4v) is 1.96. The molecule has 108 valence electrons. The SMILES string of the molecule is CCCCCCCCCCCC(=O)NCCC=O.[NaH]. The number of carbonyl (C=O) groups is 2. The molecule has 0 heterocycles. The number of unbranched alkanes of at least 4 members (excludes halogenated alkanes) is 8. The Morgan fingerprint density at radius 2 is 1.47 bits per heavy atom. The fraction of sp³-hybridized carbons (Fsp3) is 0.867. The van der Waals surface area contributed by atoms with Crippen LogP contribution in [0, 0.1) is 0 Å². The van der Waals surface area contributed by atoms with E-state index in [4.69, 9.17) is 0 Å². The van der Waals surface area contributed by atoms with Crippen LogP contribution in [0.25, 0.3) is 0 Å². The van der Waals surface area contributed by atoms with E-state index in [1.807, 2.05) is 0 Å². The van der Waals surface area contributed by atoms with Crippen molar-refractivity contribution in [2.75, 3.05) is 6.54 Å². The van der Waals surface area contributed by atoms with Gasteiger partial charge in [0.2, 0.25) is 5.91 Å². The van der Waals surface area contributed by atoms with Crippen molar-refractivity contribution < 1.29 is 9.59 Å². The van der Waals surface area contributed by atoms with Crippen molar-refractivity contribution >= 4 is 41.8 Å². The van der Waals surface area contributed by atoms with Gasteiger partial charge < -0.3 is 10.1 Å². The van der Waals surface area contributed by atoms with E-state index in [0.29, 0.717) is 19.4 Å². The summed E-state index contributed by atoms with van der Waals surface area (Å²) < 4.78 is 0. The summed E-state index contributed by atoms with van der Waals surface area (Å²) in [7, 11) is 0. The van der Waals surface area contributed by atoms with Crippen LogP contribution in [0.15, 0.2) is 0 Å². The molecule has 3 nitrogen and oxygen atoms in total. The van der Waals surface area contributed by atoms with Crippen LogP contribution >= 0.6 is 0 Å². The van der Waals surface area contributed by atoms with E-state index in [1.54, 1.807) is 0 Å². The Labute approximate surface area is 140 Å². The first kappa shape index (κ1) is 21.4. The maximum absolute atomic E-state index is 11.3. The molecule has 0 radical (unpaired) electrons. The number of aldehydes is 1. The van der Waals surface area contributed by atoms with E-state index in [1.165, 1.54) is 44.9 Å². The second kappa shape index (κ2) is 18.1. The van der Waals surface area contributed by atoms with Crippen LogP contribution in [0.3, 0.4) is 0 Å². The zero-order valence-electron chi connectivity index (χ0n) is 11.9. The van der Waals surface area contributed by atoms with Gasteiger partial charge in [-0.25, -0.2) is 0 Å². The second-order valence-corrected chi connectivity index (χ2v) is 4.88. The molecule has 0 aromatic rings. The molecule has 1 N–H and O–H groups in total. The Morgan fingerprint density at radius 3 is 2.00 bits per heavy atom. The Bertz CT molecular complexity index is 210. The average molecular weight is 279 g/mol. The Hall–Kier alpha value is 0.140. The summed E-state index contributed by atoms with van der Waals surface area (Å²) in [6, 6.07) is 0. The average Bonchev–Trinajstić information content (AvgIpc) is 2.37. The predicted octanol–water partition coefficient (Wildman–Crippen LogP) is 2.96. The second-order valence-electron chi connectivity index (χ2n) is 4.88. The van der Waals surface area contributed by atoms with Crippen molar-refractivity contribution in [3.8, 4) is 0 Å². The van der Waals surface area contributed by atoms with Gasteiger partial charge in [-0.1, -0.05) is 58.3 Å². The molecule has 0 spiro atoms. The van der Waals surface area contributed by atoms with Gasteiger partial charge in [0.1, 0.15) is 6.29 Å². The van der Waals surface area contributed by atoms with Gasteiger partial charge in [0.25, 0.3) is 0 Å². The normalized spacial score (nSPS) is 9.74. The summed E-state index contributed by atoms with van der Waals surface area (Å²) in [6.07, 6.45) is 13.3. The van der Waals surface area contributed by atoms with Gasteiger partial charge in [-0.15, -0.1) is 0 Å². The Morgan fingerprint density at radius 1 is 0.947 bits per heavy atom. The molecule has 19 heavy (non-hydrogen) atoms. The Kier molecular flexibility index (Phi) is 20.5. The minimum absolute atomic E-state index is 0. The first-order valence-corrected chi connectivity index (χ1v) is 7.51. The number of rotatable bonds is 13. The molecule has 0 saturated heterocycles. The van der Waals surface area contributed by atoms with E-state index in [9.17, 15) is 9.59 Å². The van der Waals surface area contributed by atoms with Crippen LogP contribution in [0.4, 0.5) is 0 Å². The molecule has 0 aliphatic heterocycles. The van der Waals surface area contributed by atoms with Gasteiger partial charge in [0.15, 0.2) is 0 Å². The number of hydrogen-bond donors (Lipinski definition) is 1. The number of carbonyl (C=O) groups excluding carboxylic acids is 2. The van der Waals surface area contributed by atoms with E-state index in [-0.39, 0.29) is 35.5 Å². The summed E-state index contributed by atoms with van der Waals surface area (Å²) >= 11 is 0. The monoisotopic (exact) mass is 279 g/mol. The molecule has 0 bridgehead atoms. The third kappa shape index (κ3) is 18.1. The third-order valence-corrected chi connectivity index (χ3v) is 3.09. The molecule has 0 aromatic heterocycles. The standard InChI is InChI=1S/C15H29NO2.Na.H/c1-2-3-4-5-6-7-8-9-10-12-15(18)16-13-11-14-17;;/h14H,2-13H2,1H3,(H,16,18);;. The molecule has 0 unspecified atom stereocenters. The van der Waals surface area contributed by atoms with Crippen LogP contribution < -0.4 is 5.32 Å². The quantitative estimate of drug-likeness (QED) is 0.320. The number of hydrogen-bond acceptors (Lipinski definition) is 2. The van der Waals surface area contributed by atoms with Gasteiger partial charge in [-0.2, -0.15) is 0 Å². The first-order chi connectivity index (χ1) is 8.81. The molecule has 0 saturated carbocycles. The van der Waals surface area contributed by atoms with E-state index >= 15 is 0 Å². The van der Waals surface area contributed by atoms with Crippen molar-refractivity contribution in [1.29, 1.82) is 0 Å². The van der Waals surface area contributed by atoms with Crippen LogP contribution in [0.5, 0.6) is 0 Å². The van der Waals surface area contributed by atoms with E-state index < -0.39 is 0 Å². The molecule has 1 amide bonds. The summed E-state index contributed by atoms with van der Waals surface area (Å²) in [6.45, 7) is 2.72. The van der Waals surface area contributed by atoms with Gasteiger partial charge in [-0.05, 0) is 6.42 Å². The van der Waals surface area contributed by atoms with Crippen LogP contribution in [-0.2, 0) is 9.59 Å². The third-order valence-electron chi connectivity index (χ3n) is 3.09. The van der Waals surface area contributed by atoms with Crippen molar-refractivity contribution in [2.24, 2.45) is 0 Å². The van der Waals surface area contributed by atoms with Crippen molar-refractivity contribution in [2.45, 2.75) is 77.6 Å². The minimum atomic E-state index is 0. The molecule has 0 atom stereocenters. The maximum atomic E-state index is 11.3. The molecule has 0 aliphatic carbocycles. The molecular weight excluding hydrogens is 249 g/mol. The molecule has 4 heteroatoms. The molecule has 0 aliphatic rings. The summed E-state index contributed by atoms with van der Waals surface area (Å²) in [5.41, 5.74) is 0. The van der Waals surface area contributed by atoms with E-state index in [2.05, 4.69) is 12.2 Å². The predicted molar refractivity (Wildman–Crippen MR) is 82.7 cm³/mol. The zero-order valence-corrected chi connectivity index (χ0v) is 11.9. The van der Waals surface area contributed by atoms with E-state index in [0.717, 1.165) is 19.1 Å². The summed E-state index contributed by atoms with van der Waals surface area (Å²) in [5, 5.41) is 2.74. The first-order valence-electron chi connectivity index (χ1n) is 7.51. The topological polar surface area (TPSA) is 46.2 Å². The summed E-state index contributed by atoms with van der Waals surface area (Å²) in [5.74, 6) is 0.0831. The fourth-order valence-electron chi connectivity index (χ4n) is 1.96. The van der Waals surface area contributed by atoms with Gasteiger partial charge >= 0.3 is 29.6 Å². The molecular formula is C15H30NNaO2. The Balaban J connectivity index is 0. The van der Waals surface area contributed by atoms with Crippen LogP contribution in [0.1, 0.15) is 77.6 Å². The van der Waals surface area contributed by atoms with Gasteiger partial charge in [0, 0.05) is 19.4 Å². The van der Waals surface area contributed by atoms with Gasteiger partial charge in [0.05, 0.1) is 0 Å². The number of nitrogens with one attached hydrogen (secondary N) is 1. The molecule has 0 aromatic carbocycles. The molecule has 0 fully saturated rings. The van der Waals surface area contributed by atoms with Crippen molar-refractivity contribution in [3.05, 3.63) is 0 Å². The summed E-state index contributed by atoms with van der Waals surface area (Å²) in [4.78, 5) is 21.4. The van der Waals surface area contributed by atoms with Crippen LogP contribution in [-0.4, -0.2) is 48.3 Å². The zero-order chi connectivity index (χ0) is 13.5. The number of amides is 1. The molecule has 0 rings (SSSR count).